The predicted octanol–water partition coefficient (Wildman–Crippen LogP) is 7.35. The van der Waals surface area contributed by atoms with Crippen LogP contribution in [0.2, 0.25) is 20.1 Å². The van der Waals surface area contributed by atoms with Crippen molar-refractivity contribution in [1.82, 2.24) is 0 Å². The van der Waals surface area contributed by atoms with Crippen LogP contribution in [-0.2, 0) is 35.0 Å². The maximum Gasteiger partial charge on any atom is 0.344 e. The number of esters is 3. The van der Waals surface area contributed by atoms with Crippen molar-refractivity contribution in [3.8, 4) is 0 Å². The van der Waals surface area contributed by atoms with E-state index in [4.69, 9.17) is 55.9 Å². The first-order chi connectivity index (χ1) is 16.5. The monoisotopic (exact) mass is 594 g/mol. The van der Waals surface area contributed by atoms with E-state index < -0.39 is 24.5 Å². The fraction of sp³-hybridized carbons (Fsp3) is 0.346. The minimum absolute atomic E-state index is 0. The topological polar surface area (TPSA) is 99.1 Å². The molecule has 0 saturated heterocycles. The first-order valence-electron chi connectivity index (χ1n) is 10.3. The molecule has 37 heavy (non-hydrogen) atoms. The Bertz CT molecular complexity index is 1180. The van der Waals surface area contributed by atoms with E-state index in [0.29, 0.717) is 36.8 Å². The van der Waals surface area contributed by atoms with Gasteiger partial charge in [0.1, 0.15) is 17.9 Å². The number of aliphatic hydroxyl groups is 1. The van der Waals surface area contributed by atoms with E-state index in [9.17, 15) is 19.5 Å². The second-order valence-corrected chi connectivity index (χ2v) is 8.83. The maximum absolute atomic E-state index is 11.6. The summed E-state index contributed by atoms with van der Waals surface area (Å²) in [5.74, 6) is -1.83. The molecule has 0 radical (unpaired) electrons. The Kier molecular flexibility index (Phi) is 14.7. The Balaban J connectivity index is 0.000000671. The molecule has 1 aliphatic heterocycles. The lowest BCUT2D eigenvalue weighted by Crippen LogP contribution is -2.18. The Morgan fingerprint density at radius 2 is 1.43 bits per heavy atom. The van der Waals surface area contributed by atoms with Crippen molar-refractivity contribution in [3.63, 3.8) is 0 Å². The summed E-state index contributed by atoms with van der Waals surface area (Å²) in [4.78, 5) is 34.1. The Morgan fingerprint density at radius 1 is 0.892 bits per heavy atom. The average Bonchev–Trinajstić information content (AvgIpc) is 3.14. The lowest BCUT2D eigenvalue weighted by molar-refractivity contribution is -0.158. The highest BCUT2D eigenvalue weighted by Gasteiger charge is 2.29. The van der Waals surface area contributed by atoms with E-state index in [-0.39, 0.29) is 45.8 Å². The standard InChI is InChI=1S/C13H14Cl2O4.C11H8Cl2O3.2CH4/c1-3-18-13(17)7-19-12(16)6-9-8(2)10(14)4-5-11(9)15;1-5-6(12)2-3-7(13)9(5)10-8(14)4-16-11(10)15;;/h4-5H,3,6-7H2,1-2H3;2-3,14H,4H2,1H3;2*1H4. The molecule has 0 aromatic heterocycles. The van der Waals surface area contributed by atoms with Crippen molar-refractivity contribution in [2.45, 2.75) is 42.0 Å². The van der Waals surface area contributed by atoms with Crippen molar-refractivity contribution in [1.29, 1.82) is 0 Å². The van der Waals surface area contributed by atoms with Crippen LogP contribution in [-0.4, -0.2) is 42.8 Å². The third-order valence-corrected chi connectivity index (χ3v) is 6.37. The fourth-order valence-electron chi connectivity index (χ4n) is 3.05. The number of cyclic esters (lactones) is 1. The van der Waals surface area contributed by atoms with Crippen molar-refractivity contribution in [2.24, 2.45) is 0 Å². The van der Waals surface area contributed by atoms with Gasteiger partial charge < -0.3 is 19.3 Å². The Morgan fingerprint density at radius 3 is 1.97 bits per heavy atom. The van der Waals surface area contributed by atoms with Crippen LogP contribution in [0.4, 0.5) is 0 Å². The average molecular weight is 596 g/mol. The number of rotatable bonds is 6. The van der Waals surface area contributed by atoms with E-state index in [0.717, 1.165) is 5.56 Å². The number of benzene rings is 2. The summed E-state index contributed by atoms with van der Waals surface area (Å²) in [6, 6.07) is 6.50. The minimum Gasteiger partial charge on any atom is -0.508 e. The number of hydrogen-bond donors (Lipinski definition) is 1. The third-order valence-electron chi connectivity index (χ3n) is 4.88. The molecule has 2 aromatic carbocycles. The van der Waals surface area contributed by atoms with Gasteiger partial charge in [-0.25, -0.2) is 9.59 Å². The minimum atomic E-state index is -0.579. The van der Waals surface area contributed by atoms with Crippen LogP contribution >= 0.6 is 46.4 Å². The number of aliphatic hydroxyl groups excluding tert-OH is 1. The van der Waals surface area contributed by atoms with Crippen molar-refractivity contribution in [2.75, 3.05) is 19.8 Å². The van der Waals surface area contributed by atoms with E-state index in [2.05, 4.69) is 4.74 Å². The molecule has 7 nitrogen and oxygen atoms in total. The fourth-order valence-corrected chi connectivity index (χ4v) is 3.96. The third kappa shape index (κ3) is 9.11. The van der Waals surface area contributed by atoms with Crippen LogP contribution in [0, 0.1) is 13.8 Å². The van der Waals surface area contributed by atoms with E-state index in [1.165, 1.54) is 0 Å². The molecule has 1 N–H and O–H groups in total. The number of carbonyl (C=O) groups is 3. The van der Waals surface area contributed by atoms with Gasteiger partial charge in [-0.1, -0.05) is 61.3 Å². The molecule has 0 aliphatic carbocycles. The zero-order valence-electron chi connectivity index (χ0n) is 19.0. The van der Waals surface area contributed by atoms with Gasteiger partial charge in [0.05, 0.1) is 13.0 Å². The SMILES string of the molecule is C.C.CCOC(=O)COC(=O)Cc1c(Cl)ccc(Cl)c1C.Cc1c(Cl)ccc(Cl)c1C1=C(O)COC1=O. The number of carbonyl (C=O) groups excluding carboxylic acids is 3. The highest BCUT2D eigenvalue weighted by atomic mass is 35.5. The Labute approximate surface area is 237 Å². The highest BCUT2D eigenvalue weighted by molar-refractivity contribution is 6.37. The van der Waals surface area contributed by atoms with Gasteiger partial charge in [-0.15, -0.1) is 0 Å². The van der Waals surface area contributed by atoms with E-state index >= 15 is 0 Å². The summed E-state index contributed by atoms with van der Waals surface area (Å²) in [5, 5.41) is 11.4. The summed E-state index contributed by atoms with van der Waals surface area (Å²) in [5.41, 5.74) is 2.51. The number of ether oxygens (including phenoxy) is 3. The van der Waals surface area contributed by atoms with Crippen LogP contribution in [0.3, 0.4) is 0 Å². The van der Waals surface area contributed by atoms with Crippen LogP contribution in [0.1, 0.15) is 44.0 Å². The quantitative estimate of drug-likeness (QED) is 0.275. The molecule has 3 rings (SSSR count). The van der Waals surface area contributed by atoms with Crippen LogP contribution < -0.4 is 0 Å². The normalized spacial score (nSPS) is 11.9. The molecule has 0 atom stereocenters. The number of halogens is 4. The van der Waals surface area contributed by atoms with Crippen LogP contribution in [0.25, 0.3) is 5.57 Å². The van der Waals surface area contributed by atoms with Crippen molar-refractivity contribution in [3.05, 3.63) is 72.4 Å². The molecule has 0 bridgehead atoms. The molecule has 1 aliphatic rings. The zero-order chi connectivity index (χ0) is 26.3. The van der Waals surface area contributed by atoms with Gasteiger partial charge in [0.15, 0.2) is 6.61 Å². The smallest absolute Gasteiger partial charge is 0.344 e. The molecule has 204 valence electrons. The largest absolute Gasteiger partial charge is 0.508 e. The molecule has 0 saturated carbocycles. The summed E-state index contributed by atoms with van der Waals surface area (Å²) in [6.07, 6.45) is -0.0371. The first kappa shape index (κ1) is 34.6. The van der Waals surface area contributed by atoms with Gasteiger partial charge in [0.25, 0.3) is 0 Å². The summed E-state index contributed by atoms with van der Waals surface area (Å²) in [6.45, 7) is 4.91. The Hall–Kier alpha value is -2.45. The van der Waals surface area contributed by atoms with E-state index in [1.807, 2.05) is 0 Å². The van der Waals surface area contributed by atoms with Gasteiger partial charge in [-0.3, -0.25) is 4.79 Å². The second-order valence-electron chi connectivity index (χ2n) is 7.20. The van der Waals surface area contributed by atoms with Crippen LogP contribution in [0.15, 0.2) is 30.0 Å². The zero-order valence-corrected chi connectivity index (χ0v) is 22.1. The lowest BCUT2D eigenvalue weighted by atomic mass is 10.0. The molecule has 0 unspecified atom stereocenters. The maximum atomic E-state index is 11.6. The van der Waals surface area contributed by atoms with Crippen molar-refractivity contribution < 1.29 is 33.7 Å². The number of hydrogen-bond acceptors (Lipinski definition) is 7. The molecule has 2 aromatic rings. The van der Waals surface area contributed by atoms with Gasteiger partial charge in [0.2, 0.25) is 0 Å². The molecule has 0 amide bonds. The lowest BCUT2D eigenvalue weighted by Gasteiger charge is -2.09. The van der Waals surface area contributed by atoms with Crippen molar-refractivity contribution >= 4 is 69.9 Å². The van der Waals surface area contributed by atoms with Gasteiger partial charge in [-0.05, 0) is 61.7 Å². The summed E-state index contributed by atoms with van der Waals surface area (Å²) < 4.78 is 14.2. The summed E-state index contributed by atoms with van der Waals surface area (Å²) in [7, 11) is 0. The van der Waals surface area contributed by atoms with E-state index in [1.54, 1.807) is 45.0 Å². The second kappa shape index (κ2) is 15.7. The molecule has 0 spiro atoms. The molecule has 0 fully saturated rings. The predicted molar refractivity (Wildman–Crippen MR) is 148 cm³/mol. The van der Waals surface area contributed by atoms with Crippen LogP contribution in [0.5, 0.6) is 0 Å². The molecule has 11 heteroatoms. The molecular formula is C26H30Cl4O7. The highest BCUT2D eigenvalue weighted by Crippen LogP contribution is 2.35. The van der Waals surface area contributed by atoms with Gasteiger partial charge in [0, 0.05) is 25.7 Å². The first-order valence-corrected chi connectivity index (χ1v) is 11.8. The van der Waals surface area contributed by atoms with Gasteiger partial charge >= 0.3 is 17.9 Å². The summed E-state index contributed by atoms with van der Waals surface area (Å²) >= 11 is 23.9. The molecular weight excluding hydrogens is 566 g/mol. The molecule has 1 heterocycles. The van der Waals surface area contributed by atoms with Gasteiger partial charge in [-0.2, -0.15) is 0 Å².